The van der Waals surface area contributed by atoms with Crippen LogP contribution in [0.4, 0.5) is 11.7 Å². The van der Waals surface area contributed by atoms with Crippen molar-refractivity contribution in [1.82, 2.24) is 4.98 Å². The summed E-state index contributed by atoms with van der Waals surface area (Å²) < 4.78 is 11.3. The molecule has 5 nitrogen and oxygen atoms in total. The van der Waals surface area contributed by atoms with Gasteiger partial charge in [0, 0.05) is 11.3 Å². The van der Waals surface area contributed by atoms with Gasteiger partial charge in [0.25, 0.3) is 6.01 Å². The number of aromatic nitrogens is 1. The number of nitrogens with zero attached hydrogens (tertiary/aromatic N) is 1. The standard InChI is InChI=1S/C15H13N3O2/c16-9-5-6-14-11(7-9)17-15(20-14)18-12-8-19-13-4-2-1-3-10(12)13/h1-7,12H,8,16H2,(H,17,18). The van der Waals surface area contributed by atoms with Gasteiger partial charge in [-0.25, -0.2) is 0 Å². The van der Waals surface area contributed by atoms with Crippen molar-refractivity contribution in [3.8, 4) is 5.75 Å². The summed E-state index contributed by atoms with van der Waals surface area (Å²) in [5, 5.41) is 3.26. The molecule has 1 aromatic heterocycles. The van der Waals surface area contributed by atoms with Crippen LogP contribution in [0.1, 0.15) is 11.6 Å². The van der Waals surface area contributed by atoms with E-state index in [2.05, 4.69) is 10.3 Å². The van der Waals surface area contributed by atoms with Gasteiger partial charge in [0.2, 0.25) is 0 Å². The molecule has 1 unspecified atom stereocenters. The molecule has 3 N–H and O–H groups in total. The highest BCUT2D eigenvalue weighted by Crippen LogP contribution is 2.34. The van der Waals surface area contributed by atoms with Gasteiger partial charge in [-0.05, 0) is 24.3 Å². The van der Waals surface area contributed by atoms with Crippen LogP contribution in [-0.2, 0) is 0 Å². The van der Waals surface area contributed by atoms with Crippen molar-refractivity contribution in [2.24, 2.45) is 0 Å². The van der Waals surface area contributed by atoms with E-state index < -0.39 is 0 Å². The molecule has 0 saturated heterocycles. The third-order valence-corrected chi connectivity index (χ3v) is 3.41. The van der Waals surface area contributed by atoms with Crippen LogP contribution in [0.15, 0.2) is 46.9 Å². The average molecular weight is 267 g/mol. The molecule has 5 heteroatoms. The average Bonchev–Trinajstić information content (AvgIpc) is 3.03. The normalized spacial score (nSPS) is 16.9. The van der Waals surface area contributed by atoms with E-state index in [1.807, 2.05) is 30.3 Å². The van der Waals surface area contributed by atoms with E-state index >= 15 is 0 Å². The summed E-state index contributed by atoms with van der Waals surface area (Å²) in [5.41, 5.74) is 9.00. The van der Waals surface area contributed by atoms with Crippen LogP contribution in [0.3, 0.4) is 0 Å². The SMILES string of the molecule is Nc1ccc2oc(NC3COc4ccccc43)nc2c1. The molecule has 3 aromatic rings. The van der Waals surface area contributed by atoms with E-state index in [0.29, 0.717) is 23.9 Å². The smallest absolute Gasteiger partial charge is 0.296 e. The van der Waals surface area contributed by atoms with Gasteiger partial charge >= 0.3 is 0 Å². The molecule has 1 aliphatic rings. The van der Waals surface area contributed by atoms with Crippen LogP contribution in [0.25, 0.3) is 11.1 Å². The van der Waals surface area contributed by atoms with Gasteiger partial charge in [-0.2, -0.15) is 4.98 Å². The predicted octanol–water partition coefficient (Wildman–Crippen LogP) is 2.96. The van der Waals surface area contributed by atoms with E-state index in [-0.39, 0.29) is 6.04 Å². The lowest BCUT2D eigenvalue weighted by Gasteiger charge is -2.08. The number of nitrogens with one attached hydrogen (secondary N) is 1. The second-order valence-electron chi connectivity index (χ2n) is 4.79. The summed E-state index contributed by atoms with van der Waals surface area (Å²) in [6, 6.07) is 13.9. The van der Waals surface area contributed by atoms with E-state index in [1.165, 1.54) is 0 Å². The first-order valence-electron chi connectivity index (χ1n) is 6.44. The molecule has 0 fully saturated rings. The van der Waals surface area contributed by atoms with Crippen LogP contribution in [0, 0.1) is 0 Å². The van der Waals surface area contributed by atoms with Gasteiger partial charge in [-0.1, -0.05) is 18.2 Å². The summed E-state index contributed by atoms with van der Waals surface area (Å²) in [4.78, 5) is 4.40. The zero-order chi connectivity index (χ0) is 13.5. The number of hydrogen-bond donors (Lipinski definition) is 2. The van der Waals surface area contributed by atoms with E-state index in [1.54, 1.807) is 12.1 Å². The molecule has 0 amide bonds. The number of hydrogen-bond acceptors (Lipinski definition) is 5. The number of oxazole rings is 1. The monoisotopic (exact) mass is 267 g/mol. The third kappa shape index (κ3) is 1.75. The van der Waals surface area contributed by atoms with E-state index in [4.69, 9.17) is 14.9 Å². The highest BCUT2D eigenvalue weighted by Gasteiger charge is 2.24. The first-order chi connectivity index (χ1) is 9.79. The topological polar surface area (TPSA) is 73.3 Å². The van der Waals surface area contributed by atoms with Crippen molar-refractivity contribution in [2.75, 3.05) is 17.7 Å². The number of fused-ring (bicyclic) bond motifs is 2. The molecule has 100 valence electrons. The number of para-hydroxylation sites is 1. The number of anilines is 2. The molecule has 2 heterocycles. The zero-order valence-electron chi connectivity index (χ0n) is 10.7. The molecule has 0 saturated carbocycles. The molecule has 0 spiro atoms. The van der Waals surface area contributed by atoms with Crippen molar-refractivity contribution in [2.45, 2.75) is 6.04 Å². The Morgan fingerprint density at radius 2 is 2.10 bits per heavy atom. The number of rotatable bonds is 2. The number of nitrogen functional groups attached to an aromatic ring is 1. The number of benzene rings is 2. The van der Waals surface area contributed by atoms with E-state index in [9.17, 15) is 0 Å². The Labute approximate surface area is 115 Å². The second kappa shape index (κ2) is 4.16. The molecule has 1 atom stereocenters. The predicted molar refractivity (Wildman–Crippen MR) is 76.7 cm³/mol. The fraction of sp³-hybridized carbons (Fsp3) is 0.133. The van der Waals surface area contributed by atoms with Crippen molar-refractivity contribution in [3.63, 3.8) is 0 Å². The molecular weight excluding hydrogens is 254 g/mol. The Morgan fingerprint density at radius 3 is 3.05 bits per heavy atom. The number of ether oxygens (including phenoxy) is 1. The zero-order valence-corrected chi connectivity index (χ0v) is 10.7. The highest BCUT2D eigenvalue weighted by atomic mass is 16.5. The maximum Gasteiger partial charge on any atom is 0.296 e. The van der Waals surface area contributed by atoms with Gasteiger partial charge in [0.1, 0.15) is 17.9 Å². The van der Waals surface area contributed by atoms with Crippen LogP contribution in [0.2, 0.25) is 0 Å². The summed E-state index contributed by atoms with van der Waals surface area (Å²) >= 11 is 0. The molecule has 2 aromatic carbocycles. The quantitative estimate of drug-likeness (QED) is 0.698. The Balaban J connectivity index is 1.65. The van der Waals surface area contributed by atoms with Crippen molar-refractivity contribution in [1.29, 1.82) is 0 Å². The molecule has 0 bridgehead atoms. The molecule has 1 aliphatic heterocycles. The molecular formula is C15H13N3O2. The van der Waals surface area contributed by atoms with Gasteiger partial charge in [0.15, 0.2) is 5.58 Å². The molecule has 0 aliphatic carbocycles. The molecule has 4 rings (SSSR count). The lowest BCUT2D eigenvalue weighted by molar-refractivity contribution is 0.338. The first kappa shape index (κ1) is 11.2. The fourth-order valence-electron chi connectivity index (χ4n) is 2.44. The third-order valence-electron chi connectivity index (χ3n) is 3.41. The Hall–Kier alpha value is -2.69. The minimum Gasteiger partial charge on any atom is -0.491 e. The maximum atomic E-state index is 5.74. The minimum atomic E-state index is 0.0524. The lowest BCUT2D eigenvalue weighted by Crippen LogP contribution is -2.11. The Morgan fingerprint density at radius 1 is 1.20 bits per heavy atom. The minimum absolute atomic E-state index is 0.0524. The summed E-state index contributed by atoms with van der Waals surface area (Å²) in [7, 11) is 0. The summed E-state index contributed by atoms with van der Waals surface area (Å²) in [6.07, 6.45) is 0. The summed E-state index contributed by atoms with van der Waals surface area (Å²) in [6.45, 7) is 0.570. The van der Waals surface area contributed by atoms with Crippen LogP contribution in [0.5, 0.6) is 5.75 Å². The van der Waals surface area contributed by atoms with Gasteiger partial charge in [-0.3, -0.25) is 0 Å². The van der Waals surface area contributed by atoms with Crippen LogP contribution in [-0.4, -0.2) is 11.6 Å². The number of nitrogens with two attached hydrogens (primary N) is 1. The van der Waals surface area contributed by atoms with Gasteiger partial charge < -0.3 is 20.2 Å². The second-order valence-corrected chi connectivity index (χ2v) is 4.79. The summed E-state index contributed by atoms with van der Waals surface area (Å²) in [5.74, 6) is 0.908. The lowest BCUT2D eigenvalue weighted by atomic mass is 10.1. The van der Waals surface area contributed by atoms with E-state index in [0.717, 1.165) is 16.8 Å². The fourth-order valence-corrected chi connectivity index (χ4v) is 2.44. The Bertz CT molecular complexity index is 782. The molecule has 20 heavy (non-hydrogen) atoms. The van der Waals surface area contributed by atoms with Crippen LogP contribution < -0.4 is 15.8 Å². The largest absolute Gasteiger partial charge is 0.491 e. The molecule has 0 radical (unpaired) electrons. The maximum absolute atomic E-state index is 5.74. The van der Waals surface area contributed by atoms with Crippen molar-refractivity contribution < 1.29 is 9.15 Å². The van der Waals surface area contributed by atoms with Crippen molar-refractivity contribution >= 4 is 22.8 Å². The first-order valence-corrected chi connectivity index (χ1v) is 6.44. The van der Waals surface area contributed by atoms with Crippen molar-refractivity contribution in [3.05, 3.63) is 48.0 Å². The van der Waals surface area contributed by atoms with Gasteiger partial charge in [0.05, 0.1) is 6.04 Å². The highest BCUT2D eigenvalue weighted by molar-refractivity contribution is 5.78. The Kier molecular flexibility index (Phi) is 2.32. The van der Waals surface area contributed by atoms with Crippen LogP contribution >= 0.6 is 0 Å². The van der Waals surface area contributed by atoms with Gasteiger partial charge in [-0.15, -0.1) is 0 Å².